The lowest BCUT2D eigenvalue weighted by Gasteiger charge is -2.05. The van der Waals surface area contributed by atoms with Crippen LogP contribution in [0.25, 0.3) is 0 Å². The molecule has 1 aromatic rings. The molecule has 0 heterocycles. The van der Waals surface area contributed by atoms with E-state index in [4.69, 9.17) is 16.7 Å². The van der Waals surface area contributed by atoms with E-state index in [0.717, 1.165) is 0 Å². The summed E-state index contributed by atoms with van der Waals surface area (Å²) in [6.45, 7) is 1.81. The lowest BCUT2D eigenvalue weighted by Crippen LogP contribution is -2.32. The maximum absolute atomic E-state index is 11.6. The molecular weight excluding hydrogens is 228 g/mol. The third-order valence-corrected chi connectivity index (χ3v) is 2.23. The summed E-state index contributed by atoms with van der Waals surface area (Å²) in [6, 6.07) is 6.72. The summed E-state index contributed by atoms with van der Waals surface area (Å²) < 4.78 is 0. The van der Waals surface area contributed by atoms with Gasteiger partial charge in [-0.15, -0.1) is 0 Å². The molecule has 0 saturated heterocycles. The molecule has 16 heavy (non-hydrogen) atoms. The zero-order chi connectivity index (χ0) is 11.8. The Morgan fingerprint density at radius 2 is 1.88 bits per heavy atom. The van der Waals surface area contributed by atoms with Crippen LogP contribution in [0.5, 0.6) is 0 Å². The highest BCUT2D eigenvalue weighted by Crippen LogP contribution is 2.08. The molecule has 0 aromatic heterocycles. The lowest BCUT2D eigenvalue weighted by atomic mass is 10.2. The van der Waals surface area contributed by atoms with E-state index in [-0.39, 0.29) is 12.5 Å². The normalized spacial score (nSPS) is 10.1. The predicted molar refractivity (Wildman–Crippen MR) is 63.7 cm³/mol. The number of aliphatic hydroxyl groups excluding tert-OH is 1. The Bertz CT molecular complexity index is 327. The van der Waals surface area contributed by atoms with Gasteiger partial charge in [0.1, 0.15) is 0 Å². The molecule has 88 valence electrons. The summed E-state index contributed by atoms with van der Waals surface area (Å²) in [5, 5.41) is 14.8. The average molecular weight is 243 g/mol. The van der Waals surface area contributed by atoms with E-state index >= 15 is 0 Å². The fraction of sp³-hybridized carbons (Fsp3) is 0.364. The van der Waals surface area contributed by atoms with Gasteiger partial charge in [0.2, 0.25) is 0 Å². The van der Waals surface area contributed by atoms with Crippen LogP contribution >= 0.6 is 11.6 Å². The number of hydrogen-bond donors (Lipinski definition) is 3. The molecule has 1 aromatic carbocycles. The summed E-state index contributed by atoms with van der Waals surface area (Å²) in [5.74, 6) is -0.123. The molecule has 4 nitrogen and oxygen atoms in total. The predicted octanol–water partition coefficient (Wildman–Crippen LogP) is 0.652. The molecule has 0 atom stereocenters. The van der Waals surface area contributed by atoms with E-state index in [1.165, 1.54) is 0 Å². The third kappa shape index (κ3) is 4.61. The molecule has 1 rings (SSSR count). The van der Waals surface area contributed by atoms with Crippen molar-refractivity contribution in [3.05, 3.63) is 34.9 Å². The Labute approximate surface area is 99.6 Å². The van der Waals surface area contributed by atoms with Crippen LogP contribution < -0.4 is 10.6 Å². The Balaban J connectivity index is 2.27. The van der Waals surface area contributed by atoms with E-state index in [9.17, 15) is 4.79 Å². The van der Waals surface area contributed by atoms with Crippen LogP contribution in [0.2, 0.25) is 5.02 Å². The summed E-state index contributed by atoms with van der Waals surface area (Å²) in [4.78, 5) is 11.6. The smallest absolute Gasteiger partial charge is 0.251 e. The monoisotopic (exact) mass is 242 g/mol. The van der Waals surface area contributed by atoms with Crippen molar-refractivity contribution < 1.29 is 9.90 Å². The zero-order valence-electron chi connectivity index (χ0n) is 8.87. The average Bonchev–Trinajstić information content (AvgIpc) is 2.29. The molecule has 5 heteroatoms. The second-order valence-corrected chi connectivity index (χ2v) is 3.67. The summed E-state index contributed by atoms with van der Waals surface area (Å²) in [7, 11) is 0. The summed E-state index contributed by atoms with van der Waals surface area (Å²) >= 11 is 5.71. The highest BCUT2D eigenvalue weighted by Gasteiger charge is 2.03. The van der Waals surface area contributed by atoms with Crippen LogP contribution in [0.15, 0.2) is 24.3 Å². The van der Waals surface area contributed by atoms with E-state index in [0.29, 0.717) is 30.2 Å². The Hall–Kier alpha value is -1.10. The number of carbonyl (C=O) groups is 1. The van der Waals surface area contributed by atoms with Crippen molar-refractivity contribution in [2.45, 2.75) is 0 Å². The van der Waals surface area contributed by atoms with Crippen molar-refractivity contribution >= 4 is 17.5 Å². The van der Waals surface area contributed by atoms with Gasteiger partial charge in [-0.1, -0.05) is 11.6 Å². The van der Waals surface area contributed by atoms with E-state index in [2.05, 4.69) is 10.6 Å². The number of rotatable bonds is 6. The second kappa shape index (κ2) is 7.22. The molecule has 1 amide bonds. The first-order valence-electron chi connectivity index (χ1n) is 5.09. The van der Waals surface area contributed by atoms with Gasteiger partial charge in [-0.05, 0) is 24.3 Å². The standard InChI is InChI=1S/C11H15ClN2O2/c12-10-3-1-9(2-4-10)11(16)14-6-5-13-7-8-15/h1-4,13,15H,5-8H2,(H,14,16). The molecule has 0 saturated carbocycles. The number of halogens is 1. The minimum atomic E-state index is -0.123. The Morgan fingerprint density at radius 1 is 1.19 bits per heavy atom. The maximum atomic E-state index is 11.6. The van der Waals surface area contributed by atoms with Gasteiger partial charge in [-0.2, -0.15) is 0 Å². The van der Waals surface area contributed by atoms with Gasteiger partial charge in [-0.25, -0.2) is 0 Å². The van der Waals surface area contributed by atoms with Crippen molar-refractivity contribution in [1.82, 2.24) is 10.6 Å². The fourth-order valence-electron chi connectivity index (χ4n) is 1.17. The molecule has 0 aliphatic carbocycles. The minimum Gasteiger partial charge on any atom is -0.395 e. The van der Waals surface area contributed by atoms with Crippen molar-refractivity contribution in [1.29, 1.82) is 0 Å². The topological polar surface area (TPSA) is 61.4 Å². The van der Waals surface area contributed by atoms with Crippen molar-refractivity contribution in [2.24, 2.45) is 0 Å². The third-order valence-electron chi connectivity index (χ3n) is 1.98. The maximum Gasteiger partial charge on any atom is 0.251 e. The number of nitrogens with one attached hydrogen (secondary N) is 2. The zero-order valence-corrected chi connectivity index (χ0v) is 9.63. The molecule has 0 fully saturated rings. The first-order chi connectivity index (χ1) is 7.74. The Morgan fingerprint density at radius 3 is 2.50 bits per heavy atom. The van der Waals surface area contributed by atoms with Gasteiger partial charge < -0.3 is 15.7 Å². The minimum absolute atomic E-state index is 0.102. The van der Waals surface area contributed by atoms with Gasteiger partial charge in [-0.3, -0.25) is 4.79 Å². The molecule has 0 bridgehead atoms. The highest BCUT2D eigenvalue weighted by atomic mass is 35.5. The van der Waals surface area contributed by atoms with Gasteiger partial charge in [0.05, 0.1) is 6.61 Å². The number of benzene rings is 1. The van der Waals surface area contributed by atoms with Crippen LogP contribution in [0, 0.1) is 0 Å². The van der Waals surface area contributed by atoms with Gasteiger partial charge in [0.15, 0.2) is 0 Å². The van der Waals surface area contributed by atoms with Gasteiger partial charge >= 0.3 is 0 Å². The quantitative estimate of drug-likeness (QED) is 0.642. The van der Waals surface area contributed by atoms with Crippen molar-refractivity contribution in [3.63, 3.8) is 0 Å². The summed E-state index contributed by atoms with van der Waals surface area (Å²) in [5.41, 5.74) is 0.589. The van der Waals surface area contributed by atoms with Gasteiger partial charge in [0.25, 0.3) is 5.91 Å². The SMILES string of the molecule is O=C(NCCNCCO)c1ccc(Cl)cc1. The molecule has 0 aliphatic rings. The van der Waals surface area contributed by atoms with Crippen molar-refractivity contribution in [3.8, 4) is 0 Å². The van der Waals surface area contributed by atoms with Crippen LogP contribution in [0.3, 0.4) is 0 Å². The van der Waals surface area contributed by atoms with Crippen LogP contribution in [-0.4, -0.2) is 37.3 Å². The van der Waals surface area contributed by atoms with Crippen LogP contribution in [-0.2, 0) is 0 Å². The molecule has 3 N–H and O–H groups in total. The van der Waals surface area contributed by atoms with Crippen LogP contribution in [0.1, 0.15) is 10.4 Å². The van der Waals surface area contributed by atoms with E-state index in [1.807, 2.05) is 0 Å². The molecule has 0 aliphatic heterocycles. The van der Waals surface area contributed by atoms with E-state index < -0.39 is 0 Å². The molecule has 0 unspecified atom stereocenters. The van der Waals surface area contributed by atoms with Crippen LogP contribution in [0.4, 0.5) is 0 Å². The Kier molecular flexibility index (Phi) is 5.85. The number of carbonyl (C=O) groups excluding carboxylic acids is 1. The number of aliphatic hydroxyl groups is 1. The van der Waals surface area contributed by atoms with Crippen molar-refractivity contribution in [2.75, 3.05) is 26.2 Å². The fourth-order valence-corrected chi connectivity index (χ4v) is 1.30. The molecule has 0 radical (unpaired) electrons. The largest absolute Gasteiger partial charge is 0.395 e. The molecular formula is C11H15ClN2O2. The number of hydrogen-bond acceptors (Lipinski definition) is 3. The van der Waals surface area contributed by atoms with E-state index in [1.54, 1.807) is 24.3 Å². The second-order valence-electron chi connectivity index (χ2n) is 3.24. The lowest BCUT2D eigenvalue weighted by molar-refractivity contribution is 0.0954. The highest BCUT2D eigenvalue weighted by molar-refractivity contribution is 6.30. The molecule has 0 spiro atoms. The number of amides is 1. The first kappa shape index (κ1) is 13.0. The first-order valence-corrected chi connectivity index (χ1v) is 5.47. The summed E-state index contributed by atoms with van der Waals surface area (Å²) in [6.07, 6.45) is 0. The van der Waals surface area contributed by atoms with Gasteiger partial charge in [0, 0.05) is 30.2 Å².